The Bertz CT molecular complexity index is 841. The van der Waals surface area contributed by atoms with Crippen LogP contribution in [-0.2, 0) is 9.59 Å². The van der Waals surface area contributed by atoms with Crippen molar-refractivity contribution in [1.29, 1.82) is 0 Å². The Morgan fingerprint density at radius 3 is 2.33 bits per heavy atom. The van der Waals surface area contributed by atoms with Crippen molar-refractivity contribution in [3.63, 3.8) is 0 Å². The lowest BCUT2D eigenvalue weighted by Gasteiger charge is -2.34. The van der Waals surface area contributed by atoms with E-state index in [2.05, 4.69) is 5.32 Å². The summed E-state index contributed by atoms with van der Waals surface area (Å²) < 4.78 is 0. The number of fused-ring (bicyclic) bond motifs is 1. The number of hydrogen-bond acceptors (Lipinski definition) is 4. The van der Waals surface area contributed by atoms with Crippen molar-refractivity contribution in [3.8, 4) is 0 Å². The summed E-state index contributed by atoms with van der Waals surface area (Å²) in [6.45, 7) is 2.91. The molecular formula is C21H25N3O3. The molecule has 1 aliphatic rings. The summed E-state index contributed by atoms with van der Waals surface area (Å²) in [6, 6.07) is 13.6. The number of amides is 2. The molecule has 6 nitrogen and oxygen atoms in total. The molecule has 1 aliphatic heterocycles. The standard InChI is InChI=1S/C21H25N3O3/c1-22-20(26)15-23-10-12-24(13-11-23)21(27)9-8-19(25)18-7-6-16-4-2-3-5-17(16)14-18/h2-7,14H,8-13,15H2,1H3,(H,22,26). The van der Waals surface area contributed by atoms with Gasteiger partial charge in [-0.1, -0.05) is 36.4 Å². The molecule has 1 fully saturated rings. The van der Waals surface area contributed by atoms with Crippen molar-refractivity contribution in [2.45, 2.75) is 12.8 Å². The van der Waals surface area contributed by atoms with Crippen molar-refractivity contribution in [3.05, 3.63) is 48.0 Å². The molecule has 0 spiro atoms. The molecule has 0 aliphatic carbocycles. The van der Waals surface area contributed by atoms with E-state index in [0.717, 1.165) is 10.8 Å². The second kappa shape index (κ2) is 8.77. The topological polar surface area (TPSA) is 69.7 Å². The van der Waals surface area contributed by atoms with E-state index in [4.69, 9.17) is 0 Å². The third-order valence-electron chi connectivity index (χ3n) is 5.01. The van der Waals surface area contributed by atoms with Crippen molar-refractivity contribution < 1.29 is 14.4 Å². The zero-order valence-electron chi connectivity index (χ0n) is 15.6. The van der Waals surface area contributed by atoms with E-state index in [1.165, 1.54) is 0 Å². The smallest absolute Gasteiger partial charge is 0.233 e. The highest BCUT2D eigenvalue weighted by atomic mass is 16.2. The molecule has 0 radical (unpaired) electrons. The normalized spacial score (nSPS) is 14.9. The maximum absolute atomic E-state index is 12.5. The first-order valence-electron chi connectivity index (χ1n) is 9.29. The molecule has 0 unspecified atom stereocenters. The first-order chi connectivity index (χ1) is 13.1. The van der Waals surface area contributed by atoms with Gasteiger partial charge < -0.3 is 10.2 Å². The van der Waals surface area contributed by atoms with E-state index in [0.29, 0.717) is 38.3 Å². The number of carbonyl (C=O) groups excluding carboxylic acids is 3. The van der Waals surface area contributed by atoms with Crippen molar-refractivity contribution in [1.82, 2.24) is 15.1 Å². The van der Waals surface area contributed by atoms with Gasteiger partial charge in [0.1, 0.15) is 0 Å². The number of nitrogens with one attached hydrogen (secondary N) is 1. The molecule has 142 valence electrons. The third kappa shape index (κ3) is 4.92. The van der Waals surface area contributed by atoms with Gasteiger partial charge in [-0.2, -0.15) is 0 Å². The number of carbonyl (C=O) groups is 3. The molecule has 0 saturated carbocycles. The van der Waals surface area contributed by atoms with E-state index in [9.17, 15) is 14.4 Å². The van der Waals surface area contributed by atoms with Crippen LogP contribution in [0.2, 0.25) is 0 Å². The lowest BCUT2D eigenvalue weighted by Crippen LogP contribution is -2.50. The van der Waals surface area contributed by atoms with Gasteiger partial charge in [0.05, 0.1) is 6.54 Å². The van der Waals surface area contributed by atoms with Crippen LogP contribution in [0.5, 0.6) is 0 Å². The number of Topliss-reactive ketones (excluding diaryl/α,β-unsaturated/α-hetero) is 1. The van der Waals surface area contributed by atoms with E-state index >= 15 is 0 Å². The predicted molar refractivity (Wildman–Crippen MR) is 105 cm³/mol. The molecule has 0 atom stereocenters. The minimum Gasteiger partial charge on any atom is -0.358 e. The number of hydrogen-bond donors (Lipinski definition) is 1. The zero-order valence-corrected chi connectivity index (χ0v) is 15.6. The lowest BCUT2D eigenvalue weighted by atomic mass is 10.0. The summed E-state index contributed by atoms with van der Waals surface area (Å²) in [6.07, 6.45) is 0.441. The predicted octanol–water partition coefficient (Wildman–Crippen LogP) is 1.69. The van der Waals surface area contributed by atoms with Gasteiger partial charge in [0.25, 0.3) is 0 Å². The number of rotatable bonds is 6. The van der Waals surface area contributed by atoms with Gasteiger partial charge in [-0.05, 0) is 16.8 Å². The van der Waals surface area contributed by atoms with Crippen LogP contribution in [0.25, 0.3) is 10.8 Å². The van der Waals surface area contributed by atoms with Crippen LogP contribution in [0, 0.1) is 0 Å². The molecule has 2 aromatic carbocycles. The van der Waals surface area contributed by atoms with Crippen molar-refractivity contribution in [2.75, 3.05) is 39.8 Å². The van der Waals surface area contributed by atoms with E-state index < -0.39 is 0 Å². The number of piperazine rings is 1. The Morgan fingerprint density at radius 2 is 1.63 bits per heavy atom. The van der Waals surface area contributed by atoms with E-state index in [1.807, 2.05) is 47.4 Å². The molecule has 27 heavy (non-hydrogen) atoms. The monoisotopic (exact) mass is 367 g/mol. The molecule has 0 aromatic heterocycles. The van der Waals surface area contributed by atoms with Crippen molar-refractivity contribution >= 4 is 28.4 Å². The summed E-state index contributed by atoms with van der Waals surface area (Å²) in [4.78, 5) is 40.1. The van der Waals surface area contributed by atoms with Crippen LogP contribution in [-0.4, -0.2) is 67.2 Å². The highest BCUT2D eigenvalue weighted by molar-refractivity contribution is 6.01. The van der Waals surface area contributed by atoms with Crippen LogP contribution in [0.15, 0.2) is 42.5 Å². The second-order valence-electron chi connectivity index (χ2n) is 6.82. The molecule has 1 heterocycles. The Labute approximate surface area is 159 Å². The molecule has 0 bridgehead atoms. The Morgan fingerprint density at radius 1 is 0.926 bits per heavy atom. The highest BCUT2D eigenvalue weighted by Gasteiger charge is 2.22. The van der Waals surface area contributed by atoms with Crippen LogP contribution >= 0.6 is 0 Å². The van der Waals surface area contributed by atoms with E-state index in [-0.39, 0.29) is 30.4 Å². The quantitative estimate of drug-likeness (QED) is 0.789. The average Bonchev–Trinajstić information content (AvgIpc) is 2.71. The fourth-order valence-corrected chi connectivity index (χ4v) is 3.32. The van der Waals surface area contributed by atoms with Gasteiger partial charge in [0.2, 0.25) is 11.8 Å². The molecule has 3 rings (SSSR count). The van der Waals surface area contributed by atoms with Gasteiger partial charge in [0.15, 0.2) is 5.78 Å². The van der Waals surface area contributed by atoms with Gasteiger partial charge >= 0.3 is 0 Å². The second-order valence-corrected chi connectivity index (χ2v) is 6.82. The molecule has 1 N–H and O–H groups in total. The number of likely N-dealkylation sites (N-methyl/N-ethyl adjacent to an activating group) is 1. The largest absolute Gasteiger partial charge is 0.358 e. The summed E-state index contributed by atoms with van der Waals surface area (Å²) >= 11 is 0. The SMILES string of the molecule is CNC(=O)CN1CCN(C(=O)CCC(=O)c2ccc3ccccc3c2)CC1. The number of ketones is 1. The van der Waals surface area contributed by atoms with E-state index in [1.54, 1.807) is 11.9 Å². The Balaban J connectivity index is 1.48. The Hall–Kier alpha value is -2.73. The zero-order chi connectivity index (χ0) is 19.2. The van der Waals surface area contributed by atoms with Gasteiger partial charge in [0, 0.05) is 51.6 Å². The van der Waals surface area contributed by atoms with Gasteiger partial charge in [-0.15, -0.1) is 0 Å². The summed E-state index contributed by atoms with van der Waals surface area (Å²) in [5, 5.41) is 4.73. The lowest BCUT2D eigenvalue weighted by molar-refractivity contribution is -0.133. The summed E-state index contributed by atoms with van der Waals surface area (Å²) in [5.74, 6) is -0.0214. The molecule has 2 amide bonds. The van der Waals surface area contributed by atoms with Crippen molar-refractivity contribution in [2.24, 2.45) is 0 Å². The molecule has 6 heteroatoms. The summed E-state index contributed by atoms with van der Waals surface area (Å²) in [7, 11) is 1.62. The Kier molecular flexibility index (Phi) is 6.19. The number of benzene rings is 2. The summed E-state index contributed by atoms with van der Waals surface area (Å²) in [5.41, 5.74) is 0.650. The molecule has 1 saturated heterocycles. The van der Waals surface area contributed by atoms with Crippen LogP contribution < -0.4 is 5.32 Å². The first kappa shape index (κ1) is 19.0. The van der Waals surface area contributed by atoms with Gasteiger partial charge in [-0.3, -0.25) is 19.3 Å². The fourth-order valence-electron chi connectivity index (χ4n) is 3.32. The fraction of sp³-hybridized carbons (Fsp3) is 0.381. The average molecular weight is 367 g/mol. The molecule has 2 aromatic rings. The minimum absolute atomic E-state index is 0.00346. The molecular weight excluding hydrogens is 342 g/mol. The van der Waals surface area contributed by atoms with Crippen LogP contribution in [0.3, 0.4) is 0 Å². The maximum atomic E-state index is 12.5. The number of nitrogens with zero attached hydrogens (tertiary/aromatic N) is 2. The third-order valence-corrected chi connectivity index (χ3v) is 5.01. The highest BCUT2D eigenvalue weighted by Crippen LogP contribution is 2.17. The first-order valence-corrected chi connectivity index (χ1v) is 9.29. The van der Waals surface area contributed by atoms with Crippen LogP contribution in [0.4, 0.5) is 0 Å². The van der Waals surface area contributed by atoms with Gasteiger partial charge in [-0.25, -0.2) is 0 Å². The maximum Gasteiger partial charge on any atom is 0.233 e. The van der Waals surface area contributed by atoms with Crippen LogP contribution in [0.1, 0.15) is 23.2 Å². The minimum atomic E-state index is -0.0178.